The Morgan fingerprint density at radius 3 is 2.82 bits per heavy atom. The zero-order valence-corrected chi connectivity index (χ0v) is 17.3. The number of aryl methyl sites for hydroxylation is 2. The van der Waals surface area contributed by atoms with Gasteiger partial charge in [-0.2, -0.15) is 0 Å². The molecule has 28 heavy (non-hydrogen) atoms. The molecule has 5 nitrogen and oxygen atoms in total. The fourth-order valence-electron chi connectivity index (χ4n) is 4.05. The Kier molecular flexibility index (Phi) is 5.25. The molecule has 148 valence electrons. The van der Waals surface area contributed by atoms with Gasteiger partial charge < -0.3 is 4.57 Å². The summed E-state index contributed by atoms with van der Waals surface area (Å²) >= 11 is 0. The van der Waals surface area contributed by atoms with Crippen LogP contribution in [0, 0.1) is 5.92 Å². The highest BCUT2D eigenvalue weighted by Crippen LogP contribution is 2.25. The fourth-order valence-corrected chi connectivity index (χ4v) is 5.13. The van der Waals surface area contributed by atoms with Gasteiger partial charge in [0.1, 0.15) is 5.65 Å². The zero-order valence-electron chi connectivity index (χ0n) is 16.5. The maximum atomic E-state index is 12.7. The molecule has 3 aromatic rings. The van der Waals surface area contributed by atoms with Crippen molar-refractivity contribution in [2.24, 2.45) is 5.92 Å². The Hall–Kier alpha value is -2.18. The van der Waals surface area contributed by atoms with Crippen LogP contribution in [0.4, 0.5) is 0 Å². The van der Waals surface area contributed by atoms with E-state index in [0.717, 1.165) is 42.4 Å². The number of nitrogens with one attached hydrogen (secondary N) is 1. The first-order valence-corrected chi connectivity index (χ1v) is 11.5. The number of aromatic nitrogens is 2. The lowest BCUT2D eigenvalue weighted by atomic mass is 10.1. The van der Waals surface area contributed by atoms with E-state index in [1.54, 1.807) is 12.3 Å². The summed E-state index contributed by atoms with van der Waals surface area (Å²) in [6.07, 6.45) is 7.69. The van der Waals surface area contributed by atoms with E-state index >= 15 is 0 Å². The van der Waals surface area contributed by atoms with Gasteiger partial charge in [-0.3, -0.25) is 0 Å². The van der Waals surface area contributed by atoms with Gasteiger partial charge in [0.05, 0.1) is 4.90 Å². The predicted molar refractivity (Wildman–Crippen MR) is 112 cm³/mol. The first-order valence-electron chi connectivity index (χ1n) is 9.98. The molecule has 1 aliphatic rings. The van der Waals surface area contributed by atoms with E-state index in [2.05, 4.69) is 40.4 Å². The number of benzene rings is 1. The molecule has 0 amide bonds. The Morgan fingerprint density at radius 1 is 1.18 bits per heavy atom. The molecule has 2 heterocycles. The molecule has 0 unspecified atom stereocenters. The van der Waals surface area contributed by atoms with E-state index < -0.39 is 10.0 Å². The molecule has 1 aromatic carbocycles. The second-order valence-electron chi connectivity index (χ2n) is 8.01. The van der Waals surface area contributed by atoms with Crippen molar-refractivity contribution in [1.82, 2.24) is 14.3 Å². The van der Waals surface area contributed by atoms with Crippen LogP contribution in [0.1, 0.15) is 37.0 Å². The number of fused-ring (bicyclic) bond motifs is 2. The molecule has 1 N–H and O–H groups in total. The summed E-state index contributed by atoms with van der Waals surface area (Å²) in [4.78, 5) is 4.89. The second kappa shape index (κ2) is 7.68. The van der Waals surface area contributed by atoms with Crippen LogP contribution in [0.15, 0.2) is 47.6 Å². The van der Waals surface area contributed by atoms with E-state index in [-0.39, 0.29) is 0 Å². The highest BCUT2D eigenvalue weighted by Gasteiger charge is 2.18. The number of pyridine rings is 1. The number of hydrogen-bond acceptors (Lipinski definition) is 3. The molecule has 2 aromatic heterocycles. The Morgan fingerprint density at radius 2 is 2.00 bits per heavy atom. The van der Waals surface area contributed by atoms with Gasteiger partial charge in [-0.1, -0.05) is 19.9 Å². The smallest absolute Gasteiger partial charge is 0.240 e. The van der Waals surface area contributed by atoms with Crippen molar-refractivity contribution in [2.75, 3.05) is 6.54 Å². The molecule has 0 saturated heterocycles. The zero-order chi connectivity index (χ0) is 19.7. The van der Waals surface area contributed by atoms with Crippen molar-refractivity contribution >= 4 is 21.1 Å². The van der Waals surface area contributed by atoms with Gasteiger partial charge >= 0.3 is 0 Å². The van der Waals surface area contributed by atoms with Crippen LogP contribution in [0.2, 0.25) is 0 Å². The van der Waals surface area contributed by atoms with Gasteiger partial charge in [-0.25, -0.2) is 18.1 Å². The third-order valence-electron chi connectivity index (χ3n) is 5.34. The number of rotatable bonds is 7. The normalized spacial score (nSPS) is 14.1. The van der Waals surface area contributed by atoms with E-state index in [1.807, 2.05) is 18.2 Å². The molecule has 0 spiro atoms. The average Bonchev–Trinajstić information content (AvgIpc) is 3.26. The van der Waals surface area contributed by atoms with Gasteiger partial charge in [-0.05, 0) is 72.6 Å². The SMILES string of the molecule is CC(C)Cn1cc(CCNS(=O)(=O)c2ccc3c(c2)CCC3)c2cccnc21. The molecular formula is C22H27N3O2S. The number of nitrogens with zero attached hydrogens (tertiary/aromatic N) is 2. The molecule has 0 radical (unpaired) electrons. The van der Waals surface area contributed by atoms with E-state index in [4.69, 9.17) is 0 Å². The summed E-state index contributed by atoms with van der Waals surface area (Å²) in [5.74, 6) is 0.517. The van der Waals surface area contributed by atoms with Gasteiger partial charge in [0.2, 0.25) is 10.0 Å². The van der Waals surface area contributed by atoms with Crippen molar-refractivity contribution in [3.8, 4) is 0 Å². The van der Waals surface area contributed by atoms with Crippen LogP contribution in [0.25, 0.3) is 11.0 Å². The number of sulfonamides is 1. The van der Waals surface area contributed by atoms with Crippen molar-refractivity contribution in [3.63, 3.8) is 0 Å². The lowest BCUT2D eigenvalue weighted by molar-refractivity contribution is 0.532. The molecule has 0 aliphatic heterocycles. The van der Waals surface area contributed by atoms with Crippen LogP contribution in [0.3, 0.4) is 0 Å². The lowest BCUT2D eigenvalue weighted by Crippen LogP contribution is -2.26. The fraction of sp³-hybridized carbons (Fsp3) is 0.409. The van der Waals surface area contributed by atoms with Gasteiger partial charge in [0.15, 0.2) is 0 Å². The highest BCUT2D eigenvalue weighted by molar-refractivity contribution is 7.89. The highest BCUT2D eigenvalue weighted by atomic mass is 32.2. The van der Waals surface area contributed by atoms with Crippen molar-refractivity contribution in [1.29, 1.82) is 0 Å². The van der Waals surface area contributed by atoms with Crippen molar-refractivity contribution in [2.45, 2.75) is 51.0 Å². The van der Waals surface area contributed by atoms with Gasteiger partial charge in [-0.15, -0.1) is 0 Å². The molecular weight excluding hydrogens is 370 g/mol. The molecule has 0 fully saturated rings. The third kappa shape index (κ3) is 3.84. The number of hydrogen-bond donors (Lipinski definition) is 1. The molecule has 0 atom stereocenters. The largest absolute Gasteiger partial charge is 0.332 e. The van der Waals surface area contributed by atoms with Crippen LogP contribution < -0.4 is 4.72 Å². The molecule has 6 heteroatoms. The van der Waals surface area contributed by atoms with Crippen LogP contribution >= 0.6 is 0 Å². The van der Waals surface area contributed by atoms with E-state index in [1.165, 1.54) is 11.1 Å². The minimum Gasteiger partial charge on any atom is -0.332 e. The van der Waals surface area contributed by atoms with Gasteiger partial charge in [0.25, 0.3) is 0 Å². The summed E-state index contributed by atoms with van der Waals surface area (Å²) < 4.78 is 30.4. The summed E-state index contributed by atoms with van der Waals surface area (Å²) in [7, 11) is -3.49. The lowest BCUT2D eigenvalue weighted by Gasteiger charge is -2.08. The Bertz CT molecular complexity index is 1100. The quantitative estimate of drug-likeness (QED) is 0.661. The van der Waals surface area contributed by atoms with Crippen molar-refractivity contribution in [3.05, 3.63) is 59.4 Å². The molecule has 4 rings (SSSR count). The van der Waals surface area contributed by atoms with Crippen LogP contribution in [-0.4, -0.2) is 24.5 Å². The minimum absolute atomic E-state index is 0.370. The van der Waals surface area contributed by atoms with Crippen LogP contribution in [-0.2, 0) is 35.8 Å². The topological polar surface area (TPSA) is 64.0 Å². The monoisotopic (exact) mass is 397 g/mol. The second-order valence-corrected chi connectivity index (χ2v) is 9.77. The Balaban J connectivity index is 1.49. The van der Waals surface area contributed by atoms with E-state index in [9.17, 15) is 8.42 Å². The predicted octanol–water partition coefficient (Wildman–Crippen LogP) is 3.70. The van der Waals surface area contributed by atoms with Gasteiger partial charge in [0, 0.05) is 30.9 Å². The minimum atomic E-state index is -3.49. The Labute approximate surface area is 166 Å². The molecule has 0 saturated carbocycles. The maximum Gasteiger partial charge on any atom is 0.240 e. The summed E-state index contributed by atoms with van der Waals surface area (Å²) in [5.41, 5.74) is 4.54. The van der Waals surface area contributed by atoms with Crippen molar-refractivity contribution < 1.29 is 8.42 Å². The summed E-state index contributed by atoms with van der Waals surface area (Å²) in [6.45, 7) is 5.63. The average molecular weight is 398 g/mol. The summed E-state index contributed by atoms with van der Waals surface area (Å²) in [5, 5.41) is 1.10. The van der Waals surface area contributed by atoms with E-state index in [0.29, 0.717) is 23.8 Å². The first kappa shape index (κ1) is 19.2. The standard InChI is InChI=1S/C22H27N3O2S/c1-16(2)14-25-15-19(21-7-4-11-23-22(21)25)10-12-24-28(26,27)20-9-8-17-5-3-6-18(17)13-20/h4,7-9,11,13,15-16,24H,3,5-6,10,12,14H2,1-2H3. The third-order valence-corrected chi connectivity index (χ3v) is 6.80. The molecule has 0 bridgehead atoms. The van der Waals surface area contributed by atoms with Crippen LogP contribution in [0.5, 0.6) is 0 Å². The first-order chi connectivity index (χ1) is 13.4. The molecule has 1 aliphatic carbocycles. The maximum absolute atomic E-state index is 12.7. The summed E-state index contributed by atoms with van der Waals surface area (Å²) in [6, 6.07) is 9.51.